The van der Waals surface area contributed by atoms with Crippen molar-refractivity contribution in [3.8, 4) is 0 Å². The summed E-state index contributed by atoms with van der Waals surface area (Å²) in [6.07, 6.45) is -2.98. The minimum absolute atomic E-state index is 0.332. The first-order valence-electron chi connectivity index (χ1n) is 5.24. The molecule has 4 nitrogen and oxygen atoms in total. The number of hydroxylamine groups is 1. The highest BCUT2D eigenvalue weighted by Gasteiger charge is 2.30. The second-order valence-corrected chi connectivity index (χ2v) is 3.74. The lowest BCUT2D eigenvalue weighted by Crippen LogP contribution is -2.17. The molecule has 0 aliphatic heterocycles. The van der Waals surface area contributed by atoms with Crippen molar-refractivity contribution in [3.63, 3.8) is 0 Å². The van der Waals surface area contributed by atoms with E-state index in [1.165, 1.54) is 18.2 Å². The highest BCUT2D eigenvalue weighted by Crippen LogP contribution is 2.29. The van der Waals surface area contributed by atoms with Crippen molar-refractivity contribution in [2.24, 2.45) is 0 Å². The van der Waals surface area contributed by atoms with Crippen LogP contribution in [0.5, 0.6) is 0 Å². The van der Waals surface area contributed by atoms with Crippen LogP contribution in [0.3, 0.4) is 0 Å². The predicted octanol–water partition coefficient (Wildman–Crippen LogP) is 2.67. The maximum Gasteiger partial charge on any atom is 0.416 e. The van der Waals surface area contributed by atoms with Gasteiger partial charge in [0.05, 0.1) is 5.56 Å². The molecule has 19 heavy (non-hydrogen) atoms. The van der Waals surface area contributed by atoms with Crippen LogP contribution >= 0.6 is 0 Å². The number of benzene rings is 1. The van der Waals surface area contributed by atoms with Gasteiger partial charge in [-0.2, -0.15) is 13.2 Å². The van der Waals surface area contributed by atoms with E-state index in [2.05, 4.69) is 10.3 Å². The number of halogens is 3. The number of aliphatic carboxylic acids is 1. The molecule has 104 valence electrons. The lowest BCUT2D eigenvalue weighted by molar-refractivity contribution is -0.144. The largest absolute Gasteiger partial charge is 0.479 e. The molecule has 1 aromatic carbocycles. The number of carbonyl (C=O) groups is 1. The molecule has 0 heterocycles. The molecule has 0 aliphatic carbocycles. The highest BCUT2D eigenvalue weighted by atomic mass is 19.4. The summed E-state index contributed by atoms with van der Waals surface area (Å²) in [5, 5.41) is 8.33. The van der Waals surface area contributed by atoms with Gasteiger partial charge in [-0.1, -0.05) is 12.1 Å². The van der Waals surface area contributed by atoms with E-state index < -0.39 is 24.3 Å². The molecular formula is C12H12F3NO3. The van der Waals surface area contributed by atoms with Crippen LogP contribution in [-0.2, 0) is 15.8 Å². The van der Waals surface area contributed by atoms with Crippen molar-refractivity contribution in [1.82, 2.24) is 5.48 Å². The maximum absolute atomic E-state index is 12.5. The zero-order valence-corrected chi connectivity index (χ0v) is 9.99. The minimum atomic E-state index is -4.40. The molecule has 0 saturated heterocycles. The molecule has 2 N–H and O–H groups in total. The van der Waals surface area contributed by atoms with Gasteiger partial charge in [0.15, 0.2) is 6.61 Å². The number of nitrogens with one attached hydrogen (secondary N) is 1. The average molecular weight is 275 g/mol. The van der Waals surface area contributed by atoms with Gasteiger partial charge in [0.1, 0.15) is 0 Å². The molecule has 0 aliphatic rings. The topological polar surface area (TPSA) is 58.6 Å². The third-order valence-corrected chi connectivity index (χ3v) is 2.03. The number of hydrogen-bond donors (Lipinski definition) is 2. The third kappa shape index (κ3) is 5.43. The lowest BCUT2D eigenvalue weighted by Gasteiger charge is -2.08. The molecule has 0 radical (unpaired) electrons. The third-order valence-electron chi connectivity index (χ3n) is 2.03. The Morgan fingerprint density at radius 1 is 1.47 bits per heavy atom. The van der Waals surface area contributed by atoms with E-state index >= 15 is 0 Å². The van der Waals surface area contributed by atoms with Crippen LogP contribution in [0.25, 0.3) is 6.08 Å². The van der Waals surface area contributed by atoms with Crippen molar-refractivity contribution in [3.05, 3.63) is 41.1 Å². The second-order valence-electron chi connectivity index (χ2n) is 3.74. The lowest BCUT2D eigenvalue weighted by atomic mass is 10.1. The summed E-state index contributed by atoms with van der Waals surface area (Å²) in [6, 6.07) is 4.75. The Kier molecular flexibility index (Phi) is 4.94. The fraction of sp³-hybridized carbons (Fsp3) is 0.250. The smallest absolute Gasteiger partial charge is 0.416 e. The Morgan fingerprint density at radius 2 is 2.16 bits per heavy atom. The minimum Gasteiger partial charge on any atom is -0.479 e. The van der Waals surface area contributed by atoms with Crippen LogP contribution < -0.4 is 5.48 Å². The molecule has 0 atom stereocenters. The summed E-state index contributed by atoms with van der Waals surface area (Å²) >= 11 is 0. The van der Waals surface area contributed by atoms with Crippen molar-refractivity contribution < 1.29 is 27.9 Å². The van der Waals surface area contributed by atoms with E-state index in [4.69, 9.17) is 5.11 Å². The zero-order valence-electron chi connectivity index (χ0n) is 9.99. The summed E-state index contributed by atoms with van der Waals surface area (Å²) < 4.78 is 37.4. The Labute approximate surface area is 107 Å². The van der Waals surface area contributed by atoms with E-state index in [-0.39, 0.29) is 0 Å². The molecule has 0 amide bonds. The van der Waals surface area contributed by atoms with E-state index in [9.17, 15) is 18.0 Å². The second kappa shape index (κ2) is 6.24. The van der Waals surface area contributed by atoms with Crippen LogP contribution in [0.4, 0.5) is 13.2 Å². The van der Waals surface area contributed by atoms with Crippen LogP contribution in [-0.4, -0.2) is 17.7 Å². The molecule has 0 unspecified atom stereocenters. The normalized spacial score (nSPS) is 12.3. The summed E-state index contributed by atoms with van der Waals surface area (Å²) in [7, 11) is 0. The van der Waals surface area contributed by atoms with E-state index in [0.29, 0.717) is 11.3 Å². The molecule has 1 rings (SSSR count). The Morgan fingerprint density at radius 3 is 2.74 bits per heavy atom. The fourth-order valence-corrected chi connectivity index (χ4v) is 1.30. The number of alkyl halides is 3. The van der Waals surface area contributed by atoms with Gasteiger partial charge in [-0.05, 0) is 30.7 Å². The summed E-state index contributed by atoms with van der Waals surface area (Å²) in [6.45, 7) is 0.996. The van der Waals surface area contributed by atoms with Crippen molar-refractivity contribution in [2.75, 3.05) is 6.61 Å². The molecule has 1 aromatic rings. The number of carboxylic acid groups (broad SMARTS) is 1. The number of carboxylic acids is 1. The van der Waals surface area contributed by atoms with E-state index in [1.54, 1.807) is 6.92 Å². The van der Waals surface area contributed by atoms with Crippen LogP contribution in [0.2, 0.25) is 0 Å². The summed E-state index contributed by atoms with van der Waals surface area (Å²) in [5.74, 6) is -1.15. The van der Waals surface area contributed by atoms with Gasteiger partial charge in [-0.15, -0.1) is 0 Å². The van der Waals surface area contributed by atoms with Gasteiger partial charge in [-0.3, -0.25) is 10.3 Å². The monoisotopic (exact) mass is 275 g/mol. The SMILES string of the molecule is CC(=Cc1cccc(C(F)(F)F)c1)NOCC(=O)O. The standard InChI is InChI=1S/C12H12F3NO3/c1-8(16-19-7-11(17)18)5-9-3-2-4-10(6-9)12(13,14)15/h2-6,16H,7H2,1H3,(H,17,18). The Bertz CT molecular complexity index is 483. The molecule has 0 saturated carbocycles. The van der Waals surface area contributed by atoms with Crippen molar-refractivity contribution in [1.29, 1.82) is 0 Å². The van der Waals surface area contributed by atoms with Crippen LogP contribution in [0, 0.1) is 0 Å². The Hall–Kier alpha value is -2.02. The van der Waals surface area contributed by atoms with Gasteiger partial charge in [0, 0.05) is 5.70 Å². The first-order chi connectivity index (χ1) is 8.79. The molecule has 0 fully saturated rings. The van der Waals surface area contributed by atoms with Crippen molar-refractivity contribution in [2.45, 2.75) is 13.1 Å². The summed E-state index contributed by atoms with van der Waals surface area (Å²) in [4.78, 5) is 14.8. The zero-order chi connectivity index (χ0) is 14.5. The molecule has 7 heteroatoms. The van der Waals surface area contributed by atoms with Crippen LogP contribution in [0.15, 0.2) is 30.0 Å². The number of rotatable bonds is 5. The first-order valence-corrected chi connectivity index (χ1v) is 5.24. The highest BCUT2D eigenvalue weighted by molar-refractivity contribution is 5.68. The quantitative estimate of drug-likeness (QED) is 0.811. The van der Waals surface area contributed by atoms with Gasteiger partial charge in [0.25, 0.3) is 0 Å². The Balaban J connectivity index is 2.72. The van der Waals surface area contributed by atoms with Gasteiger partial charge >= 0.3 is 12.1 Å². The fourth-order valence-electron chi connectivity index (χ4n) is 1.30. The summed E-state index contributed by atoms with van der Waals surface area (Å²) in [5.41, 5.74) is 2.29. The predicted molar refractivity (Wildman–Crippen MR) is 61.8 cm³/mol. The number of hydrogen-bond acceptors (Lipinski definition) is 3. The molecule has 0 aromatic heterocycles. The maximum atomic E-state index is 12.5. The van der Waals surface area contributed by atoms with Crippen molar-refractivity contribution >= 4 is 12.0 Å². The molecular weight excluding hydrogens is 263 g/mol. The van der Waals surface area contributed by atoms with Gasteiger partial charge in [-0.25, -0.2) is 4.79 Å². The van der Waals surface area contributed by atoms with Gasteiger partial charge in [0.2, 0.25) is 0 Å². The molecule has 0 spiro atoms. The first kappa shape index (κ1) is 15.0. The van der Waals surface area contributed by atoms with Gasteiger partial charge < -0.3 is 5.11 Å². The number of allylic oxidation sites excluding steroid dienone is 1. The van der Waals surface area contributed by atoms with E-state index in [0.717, 1.165) is 12.1 Å². The average Bonchev–Trinajstić information content (AvgIpc) is 2.27. The molecule has 0 bridgehead atoms. The van der Waals surface area contributed by atoms with Crippen LogP contribution in [0.1, 0.15) is 18.1 Å². The van der Waals surface area contributed by atoms with E-state index in [1.807, 2.05) is 0 Å².